The number of nitrogens with two attached hydrogens (primary N) is 1. The van der Waals surface area contributed by atoms with Crippen molar-refractivity contribution in [2.45, 2.75) is 13.0 Å². The second kappa shape index (κ2) is 5.09. The summed E-state index contributed by atoms with van der Waals surface area (Å²) in [6.07, 6.45) is 0. The van der Waals surface area contributed by atoms with Crippen LogP contribution in [0.25, 0.3) is 11.0 Å². The van der Waals surface area contributed by atoms with Gasteiger partial charge in [0.05, 0.1) is 3.79 Å². The van der Waals surface area contributed by atoms with Gasteiger partial charge in [0.15, 0.2) is 0 Å². The van der Waals surface area contributed by atoms with E-state index in [-0.39, 0.29) is 6.04 Å². The predicted octanol–water partition coefficient (Wildman–Crippen LogP) is 4.12. The van der Waals surface area contributed by atoms with Crippen molar-refractivity contribution in [3.05, 3.63) is 56.4 Å². The Hall–Kier alpha value is -1.14. The molecule has 3 nitrogen and oxygen atoms in total. The normalized spacial score (nSPS) is 13.0. The van der Waals surface area contributed by atoms with Crippen LogP contribution in [0.15, 0.2) is 43.9 Å². The van der Waals surface area contributed by atoms with Crippen LogP contribution >= 0.6 is 27.3 Å². The highest BCUT2D eigenvalue weighted by molar-refractivity contribution is 9.11. The molecule has 1 aromatic carbocycles. The Balaban J connectivity index is 2.06. The first-order valence-corrected chi connectivity index (χ1v) is 7.55. The maximum atomic E-state index is 5.89. The van der Waals surface area contributed by atoms with Crippen LogP contribution in [0.3, 0.4) is 0 Å². The van der Waals surface area contributed by atoms with E-state index in [0.717, 1.165) is 26.1 Å². The minimum atomic E-state index is -0.129. The summed E-state index contributed by atoms with van der Waals surface area (Å²) in [5, 5.41) is 3.16. The molecular formula is C14H13BrN2OS. The summed E-state index contributed by atoms with van der Waals surface area (Å²) in [6.45, 7) is 2.07. The van der Waals surface area contributed by atoms with Gasteiger partial charge in [0, 0.05) is 5.39 Å². The van der Waals surface area contributed by atoms with E-state index in [1.807, 2.05) is 24.3 Å². The number of aryl methyl sites for hydroxylation is 1. The molecule has 2 heterocycles. The van der Waals surface area contributed by atoms with E-state index in [4.69, 9.17) is 10.3 Å². The molecule has 0 aliphatic heterocycles. The van der Waals surface area contributed by atoms with Crippen molar-refractivity contribution in [3.63, 3.8) is 0 Å². The van der Waals surface area contributed by atoms with Crippen LogP contribution in [0.5, 0.6) is 0 Å². The first kappa shape index (κ1) is 12.9. The van der Waals surface area contributed by atoms with Gasteiger partial charge in [-0.1, -0.05) is 11.6 Å². The maximum absolute atomic E-state index is 5.89. The summed E-state index contributed by atoms with van der Waals surface area (Å²) >= 11 is 5.10. The zero-order chi connectivity index (χ0) is 13.4. The Morgan fingerprint density at radius 3 is 2.84 bits per heavy atom. The molecule has 1 unspecified atom stereocenters. The van der Waals surface area contributed by atoms with Crippen LogP contribution < -0.4 is 11.3 Å². The van der Waals surface area contributed by atoms with Crippen molar-refractivity contribution < 1.29 is 4.42 Å². The van der Waals surface area contributed by atoms with E-state index < -0.39 is 0 Å². The molecule has 0 spiro atoms. The largest absolute Gasteiger partial charge is 0.459 e. The average Bonchev–Trinajstić information content (AvgIpc) is 2.96. The van der Waals surface area contributed by atoms with Crippen molar-refractivity contribution in [2.75, 3.05) is 0 Å². The summed E-state index contributed by atoms with van der Waals surface area (Å²) in [5.74, 6) is 6.50. The molecule has 3 N–H and O–H groups in total. The number of hydrogen-bond acceptors (Lipinski definition) is 4. The highest BCUT2D eigenvalue weighted by Gasteiger charge is 2.18. The second-order valence-corrected chi connectivity index (χ2v) is 6.76. The lowest BCUT2D eigenvalue weighted by Gasteiger charge is -2.10. The van der Waals surface area contributed by atoms with Gasteiger partial charge in [-0.2, -0.15) is 0 Å². The van der Waals surface area contributed by atoms with Crippen LogP contribution in [0.1, 0.15) is 22.9 Å². The number of furan rings is 1. The third kappa shape index (κ3) is 2.47. The first-order chi connectivity index (χ1) is 9.17. The molecule has 0 aliphatic rings. The standard InChI is InChI=1S/C14H13BrN2OS/c1-8-2-3-11-9(4-8)5-12(18-11)14(17-16)10-6-13(15)19-7-10/h2-7,14,17H,16H2,1H3. The van der Waals surface area contributed by atoms with Crippen LogP contribution in [-0.2, 0) is 0 Å². The van der Waals surface area contributed by atoms with E-state index in [2.05, 4.69) is 39.7 Å². The van der Waals surface area contributed by atoms with Crippen molar-refractivity contribution in [2.24, 2.45) is 5.84 Å². The topological polar surface area (TPSA) is 51.2 Å². The number of halogens is 1. The summed E-state index contributed by atoms with van der Waals surface area (Å²) < 4.78 is 6.96. The van der Waals surface area contributed by atoms with Gasteiger partial charge in [-0.3, -0.25) is 5.84 Å². The molecule has 5 heteroatoms. The van der Waals surface area contributed by atoms with E-state index in [1.165, 1.54) is 5.56 Å². The molecule has 0 amide bonds. The smallest absolute Gasteiger partial charge is 0.134 e. The number of hydrogen-bond donors (Lipinski definition) is 2. The number of hydrazine groups is 1. The molecule has 19 heavy (non-hydrogen) atoms. The number of rotatable bonds is 3. The van der Waals surface area contributed by atoms with Gasteiger partial charge in [0.1, 0.15) is 17.4 Å². The third-order valence-corrected chi connectivity index (χ3v) is 4.59. The number of benzene rings is 1. The minimum Gasteiger partial charge on any atom is -0.459 e. The quantitative estimate of drug-likeness (QED) is 0.558. The molecule has 0 aliphatic carbocycles. The highest BCUT2D eigenvalue weighted by atomic mass is 79.9. The van der Waals surface area contributed by atoms with E-state index in [0.29, 0.717) is 0 Å². The predicted molar refractivity (Wildman–Crippen MR) is 82.1 cm³/mol. The molecule has 3 aromatic rings. The fourth-order valence-corrected chi connectivity index (χ4v) is 3.34. The molecule has 0 fully saturated rings. The van der Waals surface area contributed by atoms with Crippen LogP contribution in [0.2, 0.25) is 0 Å². The first-order valence-electron chi connectivity index (χ1n) is 5.87. The third-order valence-electron chi connectivity index (χ3n) is 3.06. The lowest BCUT2D eigenvalue weighted by Crippen LogP contribution is -2.28. The Labute approximate surface area is 123 Å². The van der Waals surface area contributed by atoms with Crippen molar-refractivity contribution >= 4 is 38.2 Å². The molecule has 1 atom stereocenters. The Bertz CT molecular complexity index is 719. The molecule has 0 bridgehead atoms. The van der Waals surface area contributed by atoms with Crippen LogP contribution in [-0.4, -0.2) is 0 Å². The molecule has 2 aromatic heterocycles. The zero-order valence-electron chi connectivity index (χ0n) is 10.3. The maximum Gasteiger partial charge on any atom is 0.134 e. The fraction of sp³-hybridized carbons (Fsp3) is 0.143. The lowest BCUT2D eigenvalue weighted by atomic mass is 10.1. The Morgan fingerprint density at radius 2 is 2.16 bits per heavy atom. The summed E-state index contributed by atoms with van der Waals surface area (Å²) in [4.78, 5) is 0. The monoisotopic (exact) mass is 336 g/mol. The van der Waals surface area contributed by atoms with Gasteiger partial charge in [-0.25, -0.2) is 5.43 Å². The minimum absolute atomic E-state index is 0.129. The Morgan fingerprint density at radius 1 is 1.32 bits per heavy atom. The lowest BCUT2D eigenvalue weighted by molar-refractivity contribution is 0.478. The van der Waals surface area contributed by atoms with Crippen molar-refractivity contribution in [1.82, 2.24) is 5.43 Å². The number of nitrogens with one attached hydrogen (secondary N) is 1. The summed E-state index contributed by atoms with van der Waals surface area (Å²) in [7, 11) is 0. The van der Waals surface area contributed by atoms with Gasteiger partial charge >= 0.3 is 0 Å². The molecule has 98 valence electrons. The number of fused-ring (bicyclic) bond motifs is 1. The Kier molecular flexibility index (Phi) is 3.45. The summed E-state index contributed by atoms with van der Waals surface area (Å²) in [6, 6.07) is 10.1. The molecule has 0 saturated carbocycles. The van der Waals surface area contributed by atoms with E-state index >= 15 is 0 Å². The van der Waals surface area contributed by atoms with Crippen LogP contribution in [0.4, 0.5) is 0 Å². The van der Waals surface area contributed by atoms with E-state index in [1.54, 1.807) is 11.3 Å². The fourth-order valence-electron chi connectivity index (χ4n) is 2.14. The van der Waals surface area contributed by atoms with Gasteiger partial charge in [0.2, 0.25) is 0 Å². The van der Waals surface area contributed by atoms with Crippen molar-refractivity contribution in [1.29, 1.82) is 0 Å². The molecule has 0 radical (unpaired) electrons. The molecular weight excluding hydrogens is 324 g/mol. The average molecular weight is 337 g/mol. The highest BCUT2D eigenvalue weighted by Crippen LogP contribution is 2.32. The van der Waals surface area contributed by atoms with Gasteiger partial charge in [-0.15, -0.1) is 11.3 Å². The summed E-state index contributed by atoms with van der Waals surface area (Å²) in [5.41, 5.74) is 6.01. The number of thiophene rings is 1. The van der Waals surface area contributed by atoms with Crippen LogP contribution in [0, 0.1) is 6.92 Å². The van der Waals surface area contributed by atoms with Gasteiger partial charge < -0.3 is 4.42 Å². The van der Waals surface area contributed by atoms with Gasteiger partial charge in [0.25, 0.3) is 0 Å². The van der Waals surface area contributed by atoms with Gasteiger partial charge in [-0.05, 0) is 58.1 Å². The van der Waals surface area contributed by atoms with Crippen molar-refractivity contribution in [3.8, 4) is 0 Å². The second-order valence-electron chi connectivity index (χ2n) is 4.47. The zero-order valence-corrected chi connectivity index (χ0v) is 12.7. The molecule has 3 rings (SSSR count). The van der Waals surface area contributed by atoms with E-state index in [9.17, 15) is 0 Å². The SMILES string of the molecule is Cc1ccc2oc(C(NN)c3csc(Br)c3)cc2c1. The molecule has 0 saturated heterocycles.